The summed E-state index contributed by atoms with van der Waals surface area (Å²) < 4.78 is 19.8. The van der Waals surface area contributed by atoms with Gasteiger partial charge in [-0.2, -0.15) is 0 Å². The van der Waals surface area contributed by atoms with Crippen LogP contribution in [0.5, 0.6) is 5.75 Å². The van der Waals surface area contributed by atoms with Crippen LogP contribution in [0.4, 0.5) is 4.39 Å². The molecular formula is C17H19BrFNO. The maximum Gasteiger partial charge on any atom is 0.165 e. The number of hydrogen-bond acceptors (Lipinski definition) is 2. The molecule has 2 nitrogen and oxygen atoms in total. The number of rotatable bonds is 6. The summed E-state index contributed by atoms with van der Waals surface area (Å²) >= 11 is 3.45. The van der Waals surface area contributed by atoms with Crippen molar-refractivity contribution in [3.05, 3.63) is 63.9 Å². The van der Waals surface area contributed by atoms with Crippen molar-refractivity contribution < 1.29 is 9.13 Å². The molecule has 112 valence electrons. The monoisotopic (exact) mass is 351 g/mol. The molecule has 2 rings (SSSR count). The molecule has 0 fully saturated rings. The van der Waals surface area contributed by atoms with Gasteiger partial charge in [0, 0.05) is 16.9 Å². The SMILES string of the molecule is CNCC(Cc1ccc(OC)c(F)c1)c1ccc(Br)cc1. The summed E-state index contributed by atoms with van der Waals surface area (Å²) in [5.74, 6) is 0.275. The van der Waals surface area contributed by atoms with E-state index in [2.05, 4.69) is 33.4 Å². The number of ether oxygens (including phenoxy) is 1. The second-order valence-corrected chi connectivity index (χ2v) is 5.89. The number of benzene rings is 2. The summed E-state index contributed by atoms with van der Waals surface area (Å²) in [5.41, 5.74) is 2.21. The lowest BCUT2D eigenvalue weighted by molar-refractivity contribution is 0.386. The molecule has 0 spiro atoms. The van der Waals surface area contributed by atoms with E-state index in [1.807, 2.05) is 25.2 Å². The predicted octanol–water partition coefficient (Wildman–Crippen LogP) is 4.14. The standard InChI is InChI=1S/C17H19BrFNO/c1-20-11-14(13-4-6-15(18)7-5-13)9-12-3-8-17(21-2)16(19)10-12/h3-8,10,14,20H,9,11H2,1-2H3. The van der Waals surface area contributed by atoms with Crippen molar-refractivity contribution in [2.24, 2.45) is 0 Å². The normalized spacial score (nSPS) is 12.2. The third-order valence-corrected chi connectivity index (χ3v) is 4.02. The van der Waals surface area contributed by atoms with Gasteiger partial charge in [0.1, 0.15) is 0 Å². The highest BCUT2D eigenvalue weighted by Crippen LogP contribution is 2.25. The van der Waals surface area contributed by atoms with E-state index in [1.54, 1.807) is 12.1 Å². The third kappa shape index (κ3) is 4.29. The molecule has 0 aliphatic rings. The highest BCUT2D eigenvalue weighted by Gasteiger charge is 2.13. The second-order valence-electron chi connectivity index (χ2n) is 4.98. The zero-order valence-electron chi connectivity index (χ0n) is 12.2. The van der Waals surface area contributed by atoms with Gasteiger partial charge in [0.05, 0.1) is 7.11 Å². The Balaban J connectivity index is 2.19. The fourth-order valence-electron chi connectivity index (χ4n) is 2.41. The van der Waals surface area contributed by atoms with Gasteiger partial charge in [0.25, 0.3) is 0 Å². The average Bonchev–Trinajstić information content (AvgIpc) is 2.48. The lowest BCUT2D eigenvalue weighted by Gasteiger charge is -2.18. The molecule has 2 aromatic rings. The average molecular weight is 352 g/mol. The quantitative estimate of drug-likeness (QED) is 0.844. The van der Waals surface area contributed by atoms with E-state index in [9.17, 15) is 4.39 Å². The first kappa shape index (κ1) is 16.0. The van der Waals surface area contributed by atoms with Crippen LogP contribution in [0, 0.1) is 5.82 Å². The van der Waals surface area contributed by atoms with Gasteiger partial charge in [0.2, 0.25) is 0 Å². The van der Waals surface area contributed by atoms with Crippen LogP contribution in [-0.2, 0) is 6.42 Å². The fraction of sp³-hybridized carbons (Fsp3) is 0.294. The van der Waals surface area contributed by atoms with Gasteiger partial charge in [-0.05, 0) is 48.9 Å². The Labute approximate surface area is 133 Å². The highest BCUT2D eigenvalue weighted by atomic mass is 79.9. The van der Waals surface area contributed by atoms with Gasteiger partial charge < -0.3 is 10.1 Å². The van der Waals surface area contributed by atoms with Crippen molar-refractivity contribution in [2.45, 2.75) is 12.3 Å². The van der Waals surface area contributed by atoms with Crippen LogP contribution in [0.1, 0.15) is 17.0 Å². The molecule has 0 aliphatic heterocycles. The van der Waals surface area contributed by atoms with Crippen molar-refractivity contribution in [3.63, 3.8) is 0 Å². The Morgan fingerprint density at radius 3 is 2.48 bits per heavy atom. The summed E-state index contributed by atoms with van der Waals surface area (Å²) in [6.07, 6.45) is 0.781. The van der Waals surface area contributed by atoms with Crippen LogP contribution in [0.25, 0.3) is 0 Å². The molecule has 0 aromatic heterocycles. The largest absolute Gasteiger partial charge is 0.494 e. The van der Waals surface area contributed by atoms with Gasteiger partial charge >= 0.3 is 0 Å². The molecular weight excluding hydrogens is 333 g/mol. The van der Waals surface area contributed by atoms with E-state index in [0.29, 0.717) is 5.92 Å². The first-order valence-corrected chi connectivity index (χ1v) is 7.66. The minimum absolute atomic E-state index is 0.285. The van der Waals surface area contributed by atoms with E-state index in [1.165, 1.54) is 12.7 Å². The van der Waals surface area contributed by atoms with Crippen LogP contribution < -0.4 is 10.1 Å². The van der Waals surface area contributed by atoms with Gasteiger partial charge in [-0.3, -0.25) is 0 Å². The zero-order valence-corrected chi connectivity index (χ0v) is 13.8. The molecule has 0 radical (unpaired) electrons. The van der Waals surface area contributed by atoms with Gasteiger partial charge in [0.15, 0.2) is 11.6 Å². The molecule has 2 aromatic carbocycles. The highest BCUT2D eigenvalue weighted by molar-refractivity contribution is 9.10. The van der Waals surface area contributed by atoms with Crippen LogP contribution in [0.3, 0.4) is 0 Å². The van der Waals surface area contributed by atoms with Gasteiger partial charge in [-0.1, -0.05) is 34.1 Å². The maximum absolute atomic E-state index is 13.8. The number of methoxy groups -OCH3 is 1. The third-order valence-electron chi connectivity index (χ3n) is 3.49. The predicted molar refractivity (Wildman–Crippen MR) is 87.5 cm³/mol. The molecule has 0 heterocycles. The minimum Gasteiger partial charge on any atom is -0.494 e. The van der Waals surface area contributed by atoms with E-state index in [4.69, 9.17) is 4.74 Å². The Hall–Kier alpha value is -1.39. The second kappa shape index (κ2) is 7.57. The van der Waals surface area contributed by atoms with Crippen LogP contribution in [0.15, 0.2) is 46.9 Å². The first-order chi connectivity index (χ1) is 10.1. The molecule has 0 saturated heterocycles. The van der Waals surface area contributed by atoms with Crippen LogP contribution in [0.2, 0.25) is 0 Å². The molecule has 21 heavy (non-hydrogen) atoms. The fourth-order valence-corrected chi connectivity index (χ4v) is 2.67. The van der Waals surface area contributed by atoms with Gasteiger partial charge in [-0.25, -0.2) is 4.39 Å². The summed E-state index contributed by atoms with van der Waals surface area (Å²) in [5, 5.41) is 3.21. The first-order valence-electron chi connectivity index (χ1n) is 6.86. The molecule has 0 amide bonds. The van der Waals surface area contributed by atoms with E-state index in [0.717, 1.165) is 23.0 Å². The van der Waals surface area contributed by atoms with E-state index >= 15 is 0 Å². The van der Waals surface area contributed by atoms with Gasteiger partial charge in [-0.15, -0.1) is 0 Å². The topological polar surface area (TPSA) is 21.3 Å². The van der Waals surface area contributed by atoms with E-state index < -0.39 is 0 Å². The Bertz CT molecular complexity index is 586. The van der Waals surface area contributed by atoms with E-state index in [-0.39, 0.29) is 11.6 Å². The molecule has 0 saturated carbocycles. The molecule has 1 atom stereocenters. The minimum atomic E-state index is -0.311. The van der Waals surface area contributed by atoms with Crippen LogP contribution >= 0.6 is 15.9 Å². The maximum atomic E-state index is 13.8. The van der Waals surface area contributed by atoms with Crippen molar-refractivity contribution in [1.29, 1.82) is 0 Å². The van der Waals surface area contributed by atoms with Crippen molar-refractivity contribution in [1.82, 2.24) is 5.32 Å². The van der Waals surface area contributed by atoms with Crippen LogP contribution in [-0.4, -0.2) is 20.7 Å². The summed E-state index contributed by atoms with van der Waals surface area (Å²) in [6, 6.07) is 13.4. The molecule has 1 N–H and O–H groups in total. The smallest absolute Gasteiger partial charge is 0.165 e. The van der Waals surface area contributed by atoms with Crippen molar-refractivity contribution >= 4 is 15.9 Å². The summed E-state index contributed by atoms with van der Waals surface area (Å²) in [6.45, 7) is 0.843. The number of halogens is 2. The zero-order chi connectivity index (χ0) is 15.2. The van der Waals surface area contributed by atoms with Crippen molar-refractivity contribution in [3.8, 4) is 5.75 Å². The Kier molecular flexibility index (Phi) is 5.76. The van der Waals surface area contributed by atoms with Crippen molar-refractivity contribution in [2.75, 3.05) is 20.7 Å². The molecule has 4 heteroatoms. The lowest BCUT2D eigenvalue weighted by Crippen LogP contribution is -2.19. The Morgan fingerprint density at radius 1 is 1.19 bits per heavy atom. The summed E-state index contributed by atoms with van der Waals surface area (Å²) in [7, 11) is 3.41. The lowest BCUT2D eigenvalue weighted by atomic mass is 9.92. The molecule has 0 bridgehead atoms. The number of hydrogen-bond donors (Lipinski definition) is 1. The Morgan fingerprint density at radius 2 is 1.90 bits per heavy atom. The number of nitrogens with one attached hydrogen (secondary N) is 1. The molecule has 1 unspecified atom stereocenters. The number of likely N-dealkylation sites (N-methyl/N-ethyl adjacent to an activating group) is 1. The summed E-state index contributed by atoms with van der Waals surface area (Å²) in [4.78, 5) is 0. The molecule has 0 aliphatic carbocycles.